The predicted molar refractivity (Wildman–Crippen MR) is 130 cm³/mol. The van der Waals surface area contributed by atoms with E-state index in [2.05, 4.69) is 15.3 Å². The Morgan fingerprint density at radius 2 is 1.89 bits per heavy atom. The molecule has 3 heterocycles. The second-order valence-corrected chi connectivity index (χ2v) is 8.05. The third-order valence-electron chi connectivity index (χ3n) is 5.31. The van der Waals surface area contributed by atoms with Crippen molar-refractivity contribution in [3.8, 4) is 22.6 Å². The molecule has 0 fully saturated rings. The van der Waals surface area contributed by atoms with Crippen molar-refractivity contribution in [2.45, 2.75) is 6.42 Å². The summed E-state index contributed by atoms with van der Waals surface area (Å²) in [6, 6.07) is 17.6. The SMILES string of the molecule is COC(=O)Cc1ccc(-c2cnc3nc(-c4cc(NC(=O)c5ccco5)ccc4Cl)oc3c2)cc1. The number of aromatic nitrogens is 2. The molecule has 35 heavy (non-hydrogen) atoms. The van der Waals surface area contributed by atoms with Gasteiger partial charge in [-0.1, -0.05) is 35.9 Å². The molecule has 0 bridgehead atoms. The van der Waals surface area contributed by atoms with Gasteiger partial charge in [-0.3, -0.25) is 9.59 Å². The number of hydrogen-bond acceptors (Lipinski definition) is 7. The monoisotopic (exact) mass is 487 g/mol. The van der Waals surface area contributed by atoms with Gasteiger partial charge < -0.3 is 18.9 Å². The average molecular weight is 488 g/mol. The molecule has 0 aliphatic rings. The van der Waals surface area contributed by atoms with Crippen LogP contribution in [0.25, 0.3) is 33.8 Å². The highest BCUT2D eigenvalue weighted by Crippen LogP contribution is 2.33. The summed E-state index contributed by atoms with van der Waals surface area (Å²) in [5.74, 6) is -0.210. The van der Waals surface area contributed by atoms with Crippen LogP contribution in [0.3, 0.4) is 0 Å². The fourth-order valence-corrected chi connectivity index (χ4v) is 3.71. The number of benzene rings is 2. The summed E-state index contributed by atoms with van der Waals surface area (Å²) in [6.07, 6.45) is 3.34. The van der Waals surface area contributed by atoms with Gasteiger partial charge in [0.15, 0.2) is 17.0 Å². The molecule has 0 aliphatic carbocycles. The molecular weight excluding hydrogens is 470 g/mol. The van der Waals surface area contributed by atoms with Crippen LogP contribution in [0.5, 0.6) is 0 Å². The summed E-state index contributed by atoms with van der Waals surface area (Å²) in [5, 5.41) is 3.17. The molecular formula is C26H18ClN3O5. The van der Waals surface area contributed by atoms with Crippen molar-refractivity contribution in [2.24, 2.45) is 0 Å². The maximum atomic E-state index is 12.3. The first-order chi connectivity index (χ1) is 17.0. The first-order valence-electron chi connectivity index (χ1n) is 10.6. The molecule has 3 aromatic heterocycles. The quantitative estimate of drug-likeness (QED) is 0.303. The number of methoxy groups -OCH3 is 1. The zero-order valence-corrected chi connectivity index (χ0v) is 19.2. The van der Waals surface area contributed by atoms with E-state index in [4.69, 9.17) is 25.2 Å². The van der Waals surface area contributed by atoms with Crippen LogP contribution in [0.1, 0.15) is 16.1 Å². The highest BCUT2D eigenvalue weighted by molar-refractivity contribution is 6.33. The van der Waals surface area contributed by atoms with Crippen molar-refractivity contribution in [3.63, 3.8) is 0 Å². The van der Waals surface area contributed by atoms with Crippen LogP contribution in [-0.4, -0.2) is 29.0 Å². The van der Waals surface area contributed by atoms with E-state index in [9.17, 15) is 9.59 Å². The van der Waals surface area contributed by atoms with Gasteiger partial charge in [-0.25, -0.2) is 4.98 Å². The first-order valence-corrected chi connectivity index (χ1v) is 11.0. The van der Waals surface area contributed by atoms with E-state index in [0.717, 1.165) is 16.7 Å². The Labute approximate surface area is 204 Å². The number of carbonyl (C=O) groups is 2. The number of carbonyl (C=O) groups excluding carboxylic acids is 2. The number of oxazole rings is 1. The number of nitrogens with one attached hydrogen (secondary N) is 1. The summed E-state index contributed by atoms with van der Waals surface area (Å²) in [6.45, 7) is 0. The summed E-state index contributed by atoms with van der Waals surface area (Å²) in [5.41, 5.74) is 4.51. The highest BCUT2D eigenvalue weighted by Gasteiger charge is 2.16. The first kappa shape index (κ1) is 22.4. The molecule has 2 aromatic carbocycles. The molecule has 0 aliphatic heterocycles. The van der Waals surface area contributed by atoms with Crippen molar-refractivity contribution in [3.05, 3.63) is 89.5 Å². The van der Waals surface area contributed by atoms with E-state index in [1.54, 1.807) is 36.5 Å². The predicted octanol–water partition coefficient (Wildman–Crippen LogP) is 5.77. The zero-order chi connectivity index (χ0) is 24.4. The minimum atomic E-state index is -0.384. The molecule has 0 spiro atoms. The average Bonchev–Trinajstić information content (AvgIpc) is 3.55. The van der Waals surface area contributed by atoms with Gasteiger partial charge in [-0.2, -0.15) is 4.98 Å². The molecule has 5 aromatic rings. The van der Waals surface area contributed by atoms with E-state index in [0.29, 0.717) is 27.5 Å². The molecule has 0 atom stereocenters. The number of fused-ring (bicyclic) bond motifs is 1. The van der Waals surface area contributed by atoms with Crippen LogP contribution in [0, 0.1) is 0 Å². The Balaban J connectivity index is 1.41. The van der Waals surface area contributed by atoms with E-state index in [1.807, 2.05) is 30.3 Å². The van der Waals surface area contributed by atoms with E-state index < -0.39 is 0 Å². The number of amides is 1. The third-order valence-corrected chi connectivity index (χ3v) is 5.64. The molecule has 0 saturated carbocycles. The summed E-state index contributed by atoms with van der Waals surface area (Å²) in [7, 11) is 1.36. The fraction of sp³-hybridized carbons (Fsp3) is 0.0769. The fourth-order valence-electron chi connectivity index (χ4n) is 3.51. The largest absolute Gasteiger partial charge is 0.469 e. The van der Waals surface area contributed by atoms with E-state index >= 15 is 0 Å². The Kier molecular flexibility index (Phi) is 6.03. The number of hydrogen-bond donors (Lipinski definition) is 1. The molecule has 1 N–H and O–H groups in total. The van der Waals surface area contributed by atoms with Gasteiger partial charge in [0.1, 0.15) is 0 Å². The number of esters is 1. The number of furan rings is 1. The van der Waals surface area contributed by atoms with Crippen LogP contribution >= 0.6 is 11.6 Å². The van der Waals surface area contributed by atoms with Gasteiger partial charge in [-0.05, 0) is 47.5 Å². The lowest BCUT2D eigenvalue weighted by Crippen LogP contribution is -2.10. The molecule has 0 radical (unpaired) electrons. The van der Waals surface area contributed by atoms with Crippen molar-refractivity contribution in [1.82, 2.24) is 9.97 Å². The molecule has 9 heteroatoms. The number of ether oxygens (including phenoxy) is 1. The highest BCUT2D eigenvalue weighted by atomic mass is 35.5. The topological polar surface area (TPSA) is 107 Å². The van der Waals surface area contributed by atoms with Crippen LogP contribution < -0.4 is 5.32 Å². The smallest absolute Gasteiger partial charge is 0.309 e. The van der Waals surface area contributed by atoms with Gasteiger partial charge in [0.2, 0.25) is 5.89 Å². The van der Waals surface area contributed by atoms with Crippen LogP contribution in [0.2, 0.25) is 5.02 Å². The molecule has 174 valence electrons. The van der Waals surface area contributed by atoms with Gasteiger partial charge in [0.05, 0.1) is 30.4 Å². The lowest BCUT2D eigenvalue weighted by molar-refractivity contribution is -0.139. The number of pyridine rings is 1. The standard InChI is InChI=1S/C26H18ClN3O5/c1-33-23(31)11-15-4-6-16(7-5-15)17-12-22-24(28-14-17)30-26(35-22)19-13-18(8-9-20(19)27)29-25(32)21-3-2-10-34-21/h2-10,12-14H,11H2,1H3,(H,29,32). The Morgan fingerprint density at radius 3 is 2.63 bits per heavy atom. The van der Waals surface area contributed by atoms with Gasteiger partial charge >= 0.3 is 5.97 Å². The number of anilines is 1. The molecule has 5 rings (SSSR count). The second kappa shape index (κ2) is 9.44. The summed E-state index contributed by atoms with van der Waals surface area (Å²) < 4.78 is 15.8. The second-order valence-electron chi connectivity index (χ2n) is 7.64. The van der Waals surface area contributed by atoms with Crippen molar-refractivity contribution in [1.29, 1.82) is 0 Å². The Bertz CT molecular complexity index is 1520. The van der Waals surface area contributed by atoms with Crippen molar-refractivity contribution in [2.75, 3.05) is 12.4 Å². The van der Waals surface area contributed by atoms with Gasteiger partial charge in [0, 0.05) is 17.4 Å². The van der Waals surface area contributed by atoms with Gasteiger partial charge in [-0.15, -0.1) is 0 Å². The minimum absolute atomic E-state index is 0.193. The maximum Gasteiger partial charge on any atom is 0.309 e. The summed E-state index contributed by atoms with van der Waals surface area (Å²) >= 11 is 6.40. The molecule has 0 saturated heterocycles. The van der Waals surface area contributed by atoms with E-state index in [-0.39, 0.29) is 29.9 Å². The van der Waals surface area contributed by atoms with E-state index in [1.165, 1.54) is 13.4 Å². The minimum Gasteiger partial charge on any atom is -0.469 e. The number of nitrogens with zero attached hydrogens (tertiary/aromatic N) is 2. The van der Waals surface area contributed by atoms with Crippen LogP contribution in [0.15, 0.2) is 82.0 Å². The number of halogens is 1. The lowest BCUT2D eigenvalue weighted by Gasteiger charge is -2.06. The third kappa shape index (κ3) is 4.78. The summed E-state index contributed by atoms with van der Waals surface area (Å²) in [4.78, 5) is 32.6. The maximum absolute atomic E-state index is 12.3. The Hall–Kier alpha value is -4.43. The van der Waals surface area contributed by atoms with Gasteiger partial charge in [0.25, 0.3) is 5.91 Å². The van der Waals surface area contributed by atoms with Crippen LogP contribution in [0.4, 0.5) is 5.69 Å². The molecule has 8 nitrogen and oxygen atoms in total. The van der Waals surface area contributed by atoms with Crippen LogP contribution in [-0.2, 0) is 16.0 Å². The number of rotatable bonds is 6. The van der Waals surface area contributed by atoms with Crippen molar-refractivity contribution < 1.29 is 23.2 Å². The van der Waals surface area contributed by atoms with Crippen molar-refractivity contribution >= 4 is 40.4 Å². The lowest BCUT2D eigenvalue weighted by atomic mass is 10.0. The normalized spacial score (nSPS) is 10.9. The zero-order valence-electron chi connectivity index (χ0n) is 18.4. The Morgan fingerprint density at radius 1 is 1.06 bits per heavy atom. The molecule has 1 amide bonds. The molecule has 0 unspecified atom stereocenters.